The van der Waals surface area contributed by atoms with Crippen molar-refractivity contribution in [2.24, 2.45) is 0 Å². The molecule has 2 amide bonds. The van der Waals surface area contributed by atoms with Crippen LogP contribution in [0.2, 0.25) is 5.02 Å². The molecule has 2 N–H and O–H groups in total. The number of amides is 2. The SMILES string of the molecule is CCCNC(=O)CSc1nnc(SCC(=O)NC(CC)c2ccc(Cl)cc2)s1. The van der Waals surface area contributed by atoms with Crippen molar-refractivity contribution in [3.05, 3.63) is 34.9 Å². The maximum Gasteiger partial charge on any atom is 0.230 e. The van der Waals surface area contributed by atoms with Gasteiger partial charge >= 0.3 is 0 Å². The molecule has 1 atom stereocenters. The number of thioether (sulfide) groups is 2. The van der Waals surface area contributed by atoms with Gasteiger partial charge in [0.2, 0.25) is 11.8 Å². The fourth-order valence-electron chi connectivity index (χ4n) is 2.24. The van der Waals surface area contributed by atoms with Crippen LogP contribution in [-0.4, -0.2) is 40.1 Å². The van der Waals surface area contributed by atoms with Gasteiger partial charge in [0.1, 0.15) is 0 Å². The fourth-order valence-corrected chi connectivity index (χ4v) is 5.02. The van der Waals surface area contributed by atoms with Crippen LogP contribution in [0.15, 0.2) is 32.9 Å². The van der Waals surface area contributed by atoms with E-state index in [2.05, 4.69) is 20.8 Å². The molecule has 0 aliphatic rings. The summed E-state index contributed by atoms with van der Waals surface area (Å²) in [7, 11) is 0. The van der Waals surface area contributed by atoms with Crippen molar-refractivity contribution in [1.82, 2.24) is 20.8 Å². The van der Waals surface area contributed by atoms with Crippen molar-refractivity contribution in [1.29, 1.82) is 0 Å². The minimum absolute atomic E-state index is 0.0107. The molecule has 2 rings (SSSR count). The first-order valence-corrected chi connectivity index (χ1v) is 12.1. The van der Waals surface area contributed by atoms with E-state index in [1.807, 2.05) is 38.1 Å². The Labute approximate surface area is 182 Å². The van der Waals surface area contributed by atoms with Crippen LogP contribution < -0.4 is 10.6 Å². The number of carbonyl (C=O) groups is 2. The van der Waals surface area contributed by atoms with Crippen LogP contribution in [-0.2, 0) is 9.59 Å². The van der Waals surface area contributed by atoms with Crippen LogP contribution in [0.1, 0.15) is 38.3 Å². The van der Waals surface area contributed by atoms with E-state index in [0.717, 1.165) is 22.7 Å². The van der Waals surface area contributed by atoms with Crippen LogP contribution >= 0.6 is 46.5 Å². The Balaban J connectivity index is 1.77. The van der Waals surface area contributed by atoms with Crippen molar-refractivity contribution in [2.75, 3.05) is 18.1 Å². The lowest BCUT2D eigenvalue weighted by atomic mass is 10.0. The first-order chi connectivity index (χ1) is 13.5. The van der Waals surface area contributed by atoms with Gasteiger partial charge in [-0.25, -0.2) is 0 Å². The van der Waals surface area contributed by atoms with E-state index in [0.29, 0.717) is 21.7 Å². The summed E-state index contributed by atoms with van der Waals surface area (Å²) in [5.41, 5.74) is 1.03. The third-order valence-electron chi connectivity index (χ3n) is 3.63. The second-order valence-electron chi connectivity index (χ2n) is 5.84. The van der Waals surface area contributed by atoms with E-state index in [9.17, 15) is 9.59 Å². The van der Waals surface area contributed by atoms with Crippen molar-refractivity contribution >= 4 is 58.3 Å². The van der Waals surface area contributed by atoms with E-state index in [1.54, 1.807) is 0 Å². The summed E-state index contributed by atoms with van der Waals surface area (Å²) in [5.74, 6) is 0.512. The molecule has 2 aromatic rings. The predicted molar refractivity (Wildman–Crippen MR) is 117 cm³/mol. The molecule has 0 radical (unpaired) electrons. The summed E-state index contributed by atoms with van der Waals surface area (Å²) in [5, 5.41) is 14.7. The normalized spacial score (nSPS) is 11.8. The van der Waals surface area contributed by atoms with Crippen molar-refractivity contribution < 1.29 is 9.59 Å². The van der Waals surface area contributed by atoms with Crippen LogP contribution in [0.25, 0.3) is 0 Å². The Morgan fingerprint density at radius 1 is 1.07 bits per heavy atom. The standard InChI is InChI=1S/C18H23ClN4O2S3/c1-3-9-20-15(24)10-26-17-22-23-18(28-17)27-11-16(25)21-14(4-2)12-5-7-13(19)8-6-12/h5-8,14H,3-4,9-11H2,1-2H3,(H,20,24)(H,21,25). The van der Waals surface area contributed by atoms with Gasteiger partial charge in [-0.1, -0.05) is 72.4 Å². The number of halogens is 1. The third kappa shape index (κ3) is 7.98. The largest absolute Gasteiger partial charge is 0.355 e. The lowest BCUT2D eigenvalue weighted by molar-refractivity contribution is -0.119. The third-order valence-corrected chi connectivity index (χ3v) is 7.07. The van der Waals surface area contributed by atoms with Gasteiger partial charge in [0, 0.05) is 11.6 Å². The molecule has 152 valence electrons. The molecule has 28 heavy (non-hydrogen) atoms. The zero-order valence-corrected chi connectivity index (χ0v) is 18.9. The first kappa shape index (κ1) is 23.0. The van der Waals surface area contributed by atoms with E-state index < -0.39 is 0 Å². The van der Waals surface area contributed by atoms with Gasteiger partial charge in [-0.2, -0.15) is 0 Å². The molecule has 0 spiro atoms. The molecule has 1 aromatic heterocycles. The Bertz CT molecular complexity index is 770. The number of carbonyl (C=O) groups excluding carboxylic acids is 2. The zero-order chi connectivity index (χ0) is 20.4. The van der Waals surface area contributed by atoms with Crippen LogP contribution in [0, 0.1) is 0 Å². The summed E-state index contributed by atoms with van der Waals surface area (Å²) >= 11 is 10.0. The Morgan fingerprint density at radius 3 is 2.25 bits per heavy atom. The Morgan fingerprint density at radius 2 is 1.68 bits per heavy atom. The summed E-state index contributed by atoms with van der Waals surface area (Å²) in [6, 6.07) is 7.45. The topological polar surface area (TPSA) is 84.0 Å². The highest BCUT2D eigenvalue weighted by atomic mass is 35.5. The Hall–Kier alpha value is -1.29. The molecular formula is C18H23ClN4O2S3. The summed E-state index contributed by atoms with van der Waals surface area (Å²) < 4.78 is 1.44. The van der Waals surface area contributed by atoms with Crippen molar-refractivity contribution in [3.63, 3.8) is 0 Å². The molecule has 1 aromatic carbocycles. The fraction of sp³-hybridized carbons (Fsp3) is 0.444. The highest BCUT2D eigenvalue weighted by molar-refractivity contribution is 8.03. The minimum Gasteiger partial charge on any atom is -0.355 e. The van der Waals surface area contributed by atoms with E-state index in [-0.39, 0.29) is 23.6 Å². The number of hydrogen-bond acceptors (Lipinski definition) is 7. The number of nitrogens with one attached hydrogen (secondary N) is 2. The van der Waals surface area contributed by atoms with Crippen molar-refractivity contribution in [3.8, 4) is 0 Å². The van der Waals surface area contributed by atoms with Crippen LogP contribution in [0.5, 0.6) is 0 Å². The molecule has 0 aliphatic heterocycles. The lowest BCUT2D eigenvalue weighted by Gasteiger charge is -2.17. The smallest absolute Gasteiger partial charge is 0.230 e. The molecule has 1 heterocycles. The summed E-state index contributed by atoms with van der Waals surface area (Å²) in [6.07, 6.45) is 1.70. The van der Waals surface area contributed by atoms with E-state index >= 15 is 0 Å². The highest BCUT2D eigenvalue weighted by Crippen LogP contribution is 2.28. The molecule has 0 saturated carbocycles. The number of aromatic nitrogens is 2. The quantitative estimate of drug-likeness (QED) is 0.491. The van der Waals surface area contributed by atoms with Gasteiger partial charge in [0.05, 0.1) is 17.5 Å². The molecule has 6 nitrogen and oxygen atoms in total. The molecular weight excluding hydrogens is 436 g/mol. The first-order valence-electron chi connectivity index (χ1n) is 8.92. The van der Waals surface area contributed by atoms with Gasteiger partial charge in [-0.05, 0) is 30.5 Å². The molecule has 0 aliphatic carbocycles. The van der Waals surface area contributed by atoms with Gasteiger partial charge in [0.25, 0.3) is 0 Å². The van der Waals surface area contributed by atoms with Gasteiger partial charge in [0.15, 0.2) is 8.68 Å². The van der Waals surface area contributed by atoms with Gasteiger partial charge < -0.3 is 10.6 Å². The maximum absolute atomic E-state index is 12.3. The van der Waals surface area contributed by atoms with Crippen molar-refractivity contribution in [2.45, 2.75) is 41.4 Å². The highest BCUT2D eigenvalue weighted by Gasteiger charge is 2.14. The van der Waals surface area contributed by atoms with E-state index in [1.165, 1.54) is 34.9 Å². The molecule has 10 heteroatoms. The average Bonchev–Trinajstić information content (AvgIpc) is 3.16. The van der Waals surface area contributed by atoms with E-state index in [4.69, 9.17) is 11.6 Å². The molecule has 0 bridgehead atoms. The second kappa shape index (κ2) is 12.3. The predicted octanol–water partition coefficient (Wildman–Crippen LogP) is 4.17. The minimum atomic E-state index is -0.0600. The number of benzene rings is 1. The Kier molecular flexibility index (Phi) is 10.1. The summed E-state index contributed by atoms with van der Waals surface area (Å²) in [4.78, 5) is 23.9. The summed E-state index contributed by atoms with van der Waals surface area (Å²) in [6.45, 7) is 4.72. The van der Waals surface area contributed by atoms with Gasteiger partial charge in [-0.15, -0.1) is 10.2 Å². The van der Waals surface area contributed by atoms with Crippen LogP contribution in [0.3, 0.4) is 0 Å². The average molecular weight is 459 g/mol. The number of nitrogens with zero attached hydrogens (tertiary/aromatic N) is 2. The van der Waals surface area contributed by atoms with Gasteiger partial charge in [-0.3, -0.25) is 9.59 Å². The number of hydrogen-bond donors (Lipinski definition) is 2. The number of rotatable bonds is 11. The zero-order valence-electron chi connectivity index (χ0n) is 15.7. The molecule has 1 unspecified atom stereocenters. The van der Waals surface area contributed by atoms with Crippen LogP contribution in [0.4, 0.5) is 0 Å². The second-order valence-corrected chi connectivity index (χ2v) is 9.70. The molecule has 0 fully saturated rings. The maximum atomic E-state index is 12.3. The monoisotopic (exact) mass is 458 g/mol. The lowest BCUT2D eigenvalue weighted by Crippen LogP contribution is -2.29. The molecule has 0 saturated heterocycles.